The van der Waals surface area contributed by atoms with Crippen molar-refractivity contribution < 1.29 is 23.1 Å². The van der Waals surface area contributed by atoms with Crippen LogP contribution in [-0.2, 0) is 21.2 Å². The second-order valence-corrected chi connectivity index (χ2v) is 8.34. The number of hydrogen-bond donors (Lipinski definition) is 2. The van der Waals surface area contributed by atoms with Crippen LogP contribution in [0.1, 0.15) is 19.4 Å². The van der Waals surface area contributed by atoms with E-state index in [2.05, 4.69) is 4.72 Å². The predicted octanol–water partition coefficient (Wildman–Crippen LogP) is 2.68. The van der Waals surface area contributed by atoms with E-state index in [1.165, 1.54) is 12.1 Å². The molecular formula is C19H21NO5S. The van der Waals surface area contributed by atoms with Crippen molar-refractivity contribution in [1.29, 1.82) is 0 Å². The summed E-state index contributed by atoms with van der Waals surface area (Å²) < 4.78 is 32.7. The molecule has 0 bridgehead atoms. The van der Waals surface area contributed by atoms with Gasteiger partial charge in [-0.15, -0.1) is 0 Å². The summed E-state index contributed by atoms with van der Waals surface area (Å²) in [7, 11) is -3.91. The van der Waals surface area contributed by atoms with Gasteiger partial charge in [0.25, 0.3) is 0 Å². The number of ether oxygens (including phenoxy) is 1. The Kier molecular flexibility index (Phi) is 5.02. The standard InChI is InChI=1S/C19H21NO5S/c1-12(2)18(19(21)22)20-26(23,24)16-6-3-13(4-7-16)14-5-8-17-15(11-14)9-10-25-17/h3-8,11-12,18,20H,9-10H2,1-2H3,(H,21,22). The van der Waals surface area contributed by atoms with Gasteiger partial charge < -0.3 is 9.84 Å². The van der Waals surface area contributed by atoms with E-state index in [1.54, 1.807) is 26.0 Å². The van der Waals surface area contributed by atoms with Crippen LogP contribution in [0.25, 0.3) is 11.1 Å². The lowest BCUT2D eigenvalue weighted by Crippen LogP contribution is -2.44. The van der Waals surface area contributed by atoms with E-state index in [0.29, 0.717) is 6.61 Å². The fraction of sp³-hybridized carbons (Fsp3) is 0.316. The molecule has 0 saturated heterocycles. The number of hydrogen-bond acceptors (Lipinski definition) is 4. The topological polar surface area (TPSA) is 92.7 Å². The van der Waals surface area contributed by atoms with Gasteiger partial charge in [0, 0.05) is 6.42 Å². The lowest BCUT2D eigenvalue weighted by molar-refractivity contribution is -0.140. The largest absolute Gasteiger partial charge is 0.493 e. The molecule has 0 spiro atoms. The van der Waals surface area contributed by atoms with Crippen LogP contribution in [0.4, 0.5) is 0 Å². The number of aliphatic carboxylic acids is 1. The first-order chi connectivity index (χ1) is 12.3. The van der Waals surface area contributed by atoms with E-state index in [9.17, 15) is 18.3 Å². The number of carbonyl (C=O) groups is 1. The Morgan fingerprint density at radius 2 is 1.77 bits per heavy atom. The molecule has 1 aliphatic rings. The number of benzene rings is 2. The van der Waals surface area contributed by atoms with Gasteiger partial charge in [-0.1, -0.05) is 32.0 Å². The van der Waals surface area contributed by atoms with E-state index in [0.717, 1.165) is 28.9 Å². The molecule has 0 amide bonds. The van der Waals surface area contributed by atoms with Gasteiger partial charge in [-0.25, -0.2) is 8.42 Å². The van der Waals surface area contributed by atoms with Gasteiger partial charge >= 0.3 is 5.97 Å². The van der Waals surface area contributed by atoms with E-state index in [4.69, 9.17) is 4.74 Å². The zero-order valence-corrected chi connectivity index (χ0v) is 15.4. The zero-order chi connectivity index (χ0) is 18.9. The van der Waals surface area contributed by atoms with Gasteiger partial charge in [0.1, 0.15) is 11.8 Å². The molecule has 1 atom stereocenters. The molecule has 1 heterocycles. The highest BCUT2D eigenvalue weighted by Crippen LogP contribution is 2.30. The average molecular weight is 375 g/mol. The highest BCUT2D eigenvalue weighted by molar-refractivity contribution is 7.89. The summed E-state index contributed by atoms with van der Waals surface area (Å²) in [5.74, 6) is -0.665. The summed E-state index contributed by atoms with van der Waals surface area (Å²) in [4.78, 5) is 11.3. The molecule has 6 nitrogen and oxygen atoms in total. The Labute approximate surface area is 152 Å². The Bertz CT molecular complexity index is 919. The van der Waals surface area contributed by atoms with E-state index in [-0.39, 0.29) is 10.8 Å². The first kappa shape index (κ1) is 18.4. The molecule has 26 heavy (non-hydrogen) atoms. The smallest absolute Gasteiger partial charge is 0.322 e. The van der Waals surface area contributed by atoms with Crippen molar-refractivity contribution in [2.24, 2.45) is 5.92 Å². The van der Waals surface area contributed by atoms with Crippen molar-refractivity contribution in [2.75, 3.05) is 6.61 Å². The van der Waals surface area contributed by atoms with E-state index in [1.807, 2.05) is 18.2 Å². The fourth-order valence-corrected chi connectivity index (χ4v) is 4.24. The summed E-state index contributed by atoms with van der Waals surface area (Å²) in [6.45, 7) is 3.99. The maximum atomic E-state index is 12.5. The van der Waals surface area contributed by atoms with Crippen LogP contribution < -0.4 is 9.46 Å². The number of nitrogens with one attached hydrogen (secondary N) is 1. The Morgan fingerprint density at radius 1 is 1.12 bits per heavy atom. The minimum atomic E-state index is -3.91. The number of rotatable bonds is 6. The van der Waals surface area contributed by atoms with Gasteiger partial charge in [-0.3, -0.25) is 4.79 Å². The highest BCUT2D eigenvalue weighted by atomic mass is 32.2. The molecule has 2 aromatic carbocycles. The summed E-state index contributed by atoms with van der Waals surface area (Å²) in [5.41, 5.74) is 3.01. The number of carboxylic acids is 1. The highest BCUT2D eigenvalue weighted by Gasteiger charge is 2.28. The third-order valence-electron chi connectivity index (χ3n) is 4.40. The van der Waals surface area contributed by atoms with Crippen molar-refractivity contribution >= 4 is 16.0 Å². The average Bonchev–Trinajstić information content (AvgIpc) is 3.07. The summed E-state index contributed by atoms with van der Waals surface area (Å²) in [6.07, 6.45) is 0.866. The first-order valence-corrected chi connectivity index (χ1v) is 9.87. The molecule has 2 N–H and O–H groups in total. The normalized spacial score (nSPS) is 14.7. The van der Waals surface area contributed by atoms with Crippen molar-refractivity contribution in [1.82, 2.24) is 4.72 Å². The molecule has 1 aliphatic heterocycles. The van der Waals surface area contributed by atoms with Crippen LogP contribution in [0.15, 0.2) is 47.4 Å². The lowest BCUT2D eigenvalue weighted by Gasteiger charge is -2.18. The van der Waals surface area contributed by atoms with Gasteiger partial charge in [0.05, 0.1) is 11.5 Å². The molecule has 2 aromatic rings. The van der Waals surface area contributed by atoms with Crippen LogP contribution in [-0.4, -0.2) is 32.1 Å². The number of carboxylic acid groups (broad SMARTS) is 1. The van der Waals surface area contributed by atoms with E-state index >= 15 is 0 Å². The third kappa shape index (κ3) is 3.73. The molecule has 0 fully saturated rings. The van der Waals surface area contributed by atoms with Crippen LogP contribution in [0.2, 0.25) is 0 Å². The SMILES string of the molecule is CC(C)C(NS(=O)(=O)c1ccc(-c2ccc3c(c2)CCO3)cc1)C(=O)O. The van der Waals surface area contributed by atoms with Gasteiger partial charge in [0.15, 0.2) is 0 Å². The Morgan fingerprint density at radius 3 is 2.38 bits per heavy atom. The quantitative estimate of drug-likeness (QED) is 0.810. The van der Waals surface area contributed by atoms with Crippen LogP contribution in [0, 0.1) is 5.92 Å². The summed E-state index contributed by atoms with van der Waals surface area (Å²) in [6, 6.07) is 11.1. The van der Waals surface area contributed by atoms with Crippen LogP contribution in [0.3, 0.4) is 0 Å². The van der Waals surface area contributed by atoms with Crippen molar-refractivity contribution in [3.63, 3.8) is 0 Å². The molecule has 0 radical (unpaired) electrons. The molecule has 0 aromatic heterocycles. The maximum Gasteiger partial charge on any atom is 0.322 e. The Hall–Kier alpha value is -2.38. The molecule has 0 aliphatic carbocycles. The summed E-state index contributed by atoms with van der Waals surface area (Å²) in [5, 5.41) is 9.19. The van der Waals surface area contributed by atoms with Gasteiger partial charge in [0.2, 0.25) is 10.0 Å². The van der Waals surface area contributed by atoms with Crippen molar-refractivity contribution in [3.8, 4) is 16.9 Å². The van der Waals surface area contributed by atoms with Crippen LogP contribution in [0.5, 0.6) is 5.75 Å². The summed E-state index contributed by atoms with van der Waals surface area (Å²) >= 11 is 0. The van der Waals surface area contributed by atoms with Crippen molar-refractivity contribution in [3.05, 3.63) is 48.0 Å². The second kappa shape index (κ2) is 7.09. The minimum absolute atomic E-state index is 0.0395. The molecule has 0 saturated carbocycles. The Balaban J connectivity index is 1.83. The maximum absolute atomic E-state index is 12.5. The van der Waals surface area contributed by atoms with E-state index < -0.39 is 22.0 Å². The molecule has 138 valence electrons. The zero-order valence-electron chi connectivity index (χ0n) is 14.6. The first-order valence-electron chi connectivity index (χ1n) is 8.39. The fourth-order valence-electron chi connectivity index (χ4n) is 2.90. The molecule has 1 unspecified atom stereocenters. The third-order valence-corrected chi connectivity index (χ3v) is 5.86. The lowest BCUT2D eigenvalue weighted by atomic mass is 10.0. The number of fused-ring (bicyclic) bond motifs is 1. The predicted molar refractivity (Wildman–Crippen MR) is 97.7 cm³/mol. The van der Waals surface area contributed by atoms with Gasteiger partial charge in [-0.05, 0) is 46.9 Å². The molecule has 7 heteroatoms. The van der Waals surface area contributed by atoms with Gasteiger partial charge in [-0.2, -0.15) is 4.72 Å². The minimum Gasteiger partial charge on any atom is -0.493 e. The monoisotopic (exact) mass is 375 g/mol. The second-order valence-electron chi connectivity index (χ2n) is 6.63. The number of sulfonamides is 1. The molecular weight excluding hydrogens is 354 g/mol. The van der Waals surface area contributed by atoms with Crippen LogP contribution >= 0.6 is 0 Å². The molecule has 3 rings (SSSR count). The van der Waals surface area contributed by atoms with Crippen molar-refractivity contribution in [2.45, 2.75) is 31.2 Å².